The minimum absolute atomic E-state index is 0.0524. The van der Waals surface area contributed by atoms with Crippen molar-refractivity contribution in [3.05, 3.63) is 24.5 Å². The Kier molecular flexibility index (Phi) is 4.23. The van der Waals surface area contributed by atoms with E-state index in [4.69, 9.17) is 11.1 Å². The molecule has 0 saturated heterocycles. The summed E-state index contributed by atoms with van der Waals surface area (Å²) in [6.07, 6.45) is 8.47. The highest BCUT2D eigenvalue weighted by Gasteiger charge is 2.11. The van der Waals surface area contributed by atoms with Gasteiger partial charge in [-0.25, -0.2) is 0 Å². The van der Waals surface area contributed by atoms with Crippen molar-refractivity contribution in [1.29, 1.82) is 5.41 Å². The van der Waals surface area contributed by atoms with Crippen LogP contribution in [0.15, 0.2) is 24.5 Å². The summed E-state index contributed by atoms with van der Waals surface area (Å²) in [4.78, 5) is 0. The van der Waals surface area contributed by atoms with E-state index in [0.717, 1.165) is 12.8 Å². The Bertz CT molecular complexity index is 264. The highest BCUT2D eigenvalue weighted by molar-refractivity contribution is 5.81. The van der Waals surface area contributed by atoms with Gasteiger partial charge >= 0.3 is 0 Å². The van der Waals surface area contributed by atoms with Gasteiger partial charge in [0, 0.05) is 12.4 Å². The van der Waals surface area contributed by atoms with Gasteiger partial charge in [-0.3, -0.25) is 5.41 Å². The molecular weight excluding hydrogens is 174 g/mol. The van der Waals surface area contributed by atoms with E-state index < -0.39 is 0 Å². The standard InChI is InChI=1S/C11H19N3/c1-2-3-4-7-10(11(12)13)14-8-5-6-9-14/h5-6,8-10H,2-4,7H2,1H3,(H3,12,13). The zero-order valence-corrected chi connectivity index (χ0v) is 8.74. The fraction of sp³-hybridized carbons (Fsp3) is 0.545. The van der Waals surface area contributed by atoms with E-state index in [1.165, 1.54) is 12.8 Å². The third kappa shape index (κ3) is 2.91. The molecule has 1 heterocycles. The smallest absolute Gasteiger partial charge is 0.114 e. The van der Waals surface area contributed by atoms with E-state index in [1.54, 1.807) is 0 Å². The molecule has 0 aliphatic carbocycles. The van der Waals surface area contributed by atoms with Crippen molar-refractivity contribution in [2.75, 3.05) is 0 Å². The first-order valence-electron chi connectivity index (χ1n) is 5.22. The average molecular weight is 193 g/mol. The summed E-state index contributed by atoms with van der Waals surface area (Å²) < 4.78 is 2.01. The molecule has 0 aromatic carbocycles. The molecule has 0 spiro atoms. The van der Waals surface area contributed by atoms with E-state index >= 15 is 0 Å². The molecule has 0 bridgehead atoms. The molecule has 0 fully saturated rings. The Morgan fingerprint density at radius 1 is 1.36 bits per heavy atom. The average Bonchev–Trinajstić information content (AvgIpc) is 2.64. The molecule has 1 aromatic rings. The van der Waals surface area contributed by atoms with Gasteiger partial charge in [-0.05, 0) is 18.6 Å². The molecule has 1 aromatic heterocycles. The van der Waals surface area contributed by atoms with E-state index in [9.17, 15) is 0 Å². The fourth-order valence-electron chi connectivity index (χ4n) is 1.61. The molecule has 0 amide bonds. The number of aromatic nitrogens is 1. The van der Waals surface area contributed by atoms with Crippen LogP contribution < -0.4 is 5.73 Å². The van der Waals surface area contributed by atoms with Crippen LogP contribution >= 0.6 is 0 Å². The lowest BCUT2D eigenvalue weighted by Crippen LogP contribution is -2.25. The zero-order valence-electron chi connectivity index (χ0n) is 8.74. The molecule has 0 radical (unpaired) electrons. The Morgan fingerprint density at radius 3 is 2.50 bits per heavy atom. The van der Waals surface area contributed by atoms with Crippen molar-refractivity contribution in [3.8, 4) is 0 Å². The van der Waals surface area contributed by atoms with E-state index in [1.807, 2.05) is 29.1 Å². The second-order valence-electron chi connectivity index (χ2n) is 3.60. The number of hydrogen-bond acceptors (Lipinski definition) is 1. The van der Waals surface area contributed by atoms with Crippen LogP contribution in [0.25, 0.3) is 0 Å². The van der Waals surface area contributed by atoms with Crippen LogP contribution in [0.3, 0.4) is 0 Å². The molecule has 3 nitrogen and oxygen atoms in total. The third-order valence-electron chi connectivity index (χ3n) is 2.43. The van der Waals surface area contributed by atoms with Crippen molar-refractivity contribution < 1.29 is 0 Å². The number of nitrogens with zero attached hydrogens (tertiary/aromatic N) is 1. The van der Waals surface area contributed by atoms with Crippen LogP contribution in [0.2, 0.25) is 0 Å². The molecule has 78 valence electrons. The third-order valence-corrected chi connectivity index (χ3v) is 2.43. The van der Waals surface area contributed by atoms with Crippen LogP contribution in [0.5, 0.6) is 0 Å². The topological polar surface area (TPSA) is 54.8 Å². The van der Waals surface area contributed by atoms with Gasteiger partial charge in [0.15, 0.2) is 0 Å². The molecule has 14 heavy (non-hydrogen) atoms. The summed E-state index contributed by atoms with van der Waals surface area (Å²) >= 11 is 0. The summed E-state index contributed by atoms with van der Waals surface area (Å²) in [5.41, 5.74) is 5.57. The first-order chi connectivity index (χ1) is 6.75. The van der Waals surface area contributed by atoms with Gasteiger partial charge in [-0.2, -0.15) is 0 Å². The molecule has 3 heteroatoms. The van der Waals surface area contributed by atoms with Crippen LogP contribution in [-0.2, 0) is 0 Å². The monoisotopic (exact) mass is 193 g/mol. The summed E-state index contributed by atoms with van der Waals surface area (Å²) in [6.45, 7) is 2.18. The number of amidine groups is 1. The predicted molar refractivity (Wildman–Crippen MR) is 59.5 cm³/mol. The Morgan fingerprint density at radius 2 is 2.00 bits per heavy atom. The Hall–Kier alpha value is -1.25. The lowest BCUT2D eigenvalue weighted by molar-refractivity contribution is 0.539. The molecule has 0 aliphatic heterocycles. The second kappa shape index (κ2) is 5.47. The maximum atomic E-state index is 7.52. The predicted octanol–water partition coefficient (Wildman–Crippen LogP) is 2.55. The van der Waals surface area contributed by atoms with Crippen LogP contribution in [0.4, 0.5) is 0 Å². The van der Waals surface area contributed by atoms with Crippen molar-refractivity contribution in [3.63, 3.8) is 0 Å². The number of unbranched alkanes of at least 4 members (excludes halogenated alkanes) is 2. The molecule has 0 aliphatic rings. The lowest BCUT2D eigenvalue weighted by atomic mass is 10.1. The molecular formula is C11H19N3. The van der Waals surface area contributed by atoms with Gasteiger partial charge in [0.25, 0.3) is 0 Å². The zero-order chi connectivity index (χ0) is 10.4. The number of hydrogen-bond donors (Lipinski definition) is 2. The molecule has 0 saturated carbocycles. The number of nitrogens with one attached hydrogen (secondary N) is 1. The van der Waals surface area contributed by atoms with E-state index in [2.05, 4.69) is 6.92 Å². The van der Waals surface area contributed by atoms with Crippen LogP contribution in [0.1, 0.15) is 38.6 Å². The first-order valence-corrected chi connectivity index (χ1v) is 5.22. The SMILES string of the molecule is CCCCCC(C(=N)N)n1cccc1. The first kappa shape index (κ1) is 10.8. The molecule has 3 N–H and O–H groups in total. The van der Waals surface area contributed by atoms with Crippen molar-refractivity contribution >= 4 is 5.84 Å². The highest BCUT2D eigenvalue weighted by Crippen LogP contribution is 2.15. The maximum Gasteiger partial charge on any atom is 0.114 e. The van der Waals surface area contributed by atoms with Crippen molar-refractivity contribution in [1.82, 2.24) is 4.57 Å². The van der Waals surface area contributed by atoms with E-state index in [-0.39, 0.29) is 11.9 Å². The van der Waals surface area contributed by atoms with Gasteiger partial charge in [0.2, 0.25) is 0 Å². The molecule has 1 atom stereocenters. The highest BCUT2D eigenvalue weighted by atomic mass is 15.0. The Balaban J connectivity index is 2.52. The summed E-state index contributed by atoms with van der Waals surface area (Å²) in [5.74, 6) is 0.261. The van der Waals surface area contributed by atoms with Gasteiger partial charge < -0.3 is 10.3 Å². The van der Waals surface area contributed by atoms with E-state index in [0.29, 0.717) is 0 Å². The number of nitrogens with two attached hydrogens (primary N) is 1. The Labute approximate surface area is 85.4 Å². The summed E-state index contributed by atoms with van der Waals surface area (Å²) in [5, 5.41) is 7.52. The molecule has 1 rings (SSSR count). The fourth-order valence-corrected chi connectivity index (χ4v) is 1.61. The van der Waals surface area contributed by atoms with Gasteiger partial charge in [-0.1, -0.05) is 26.2 Å². The molecule has 1 unspecified atom stereocenters. The second-order valence-corrected chi connectivity index (χ2v) is 3.60. The summed E-state index contributed by atoms with van der Waals surface area (Å²) in [6, 6.07) is 3.99. The van der Waals surface area contributed by atoms with Crippen LogP contribution in [0, 0.1) is 5.41 Å². The number of rotatable bonds is 6. The maximum absolute atomic E-state index is 7.52. The van der Waals surface area contributed by atoms with Crippen LogP contribution in [-0.4, -0.2) is 10.4 Å². The normalized spacial score (nSPS) is 12.6. The minimum Gasteiger partial charge on any atom is -0.386 e. The largest absolute Gasteiger partial charge is 0.386 e. The lowest BCUT2D eigenvalue weighted by Gasteiger charge is -2.17. The van der Waals surface area contributed by atoms with Gasteiger partial charge in [0.05, 0.1) is 6.04 Å². The van der Waals surface area contributed by atoms with Gasteiger partial charge in [0.1, 0.15) is 5.84 Å². The quantitative estimate of drug-likeness (QED) is 0.407. The van der Waals surface area contributed by atoms with Crippen molar-refractivity contribution in [2.45, 2.75) is 38.6 Å². The summed E-state index contributed by atoms with van der Waals surface area (Å²) in [7, 11) is 0. The van der Waals surface area contributed by atoms with Crippen molar-refractivity contribution in [2.24, 2.45) is 5.73 Å². The minimum atomic E-state index is 0.0524. The van der Waals surface area contributed by atoms with Gasteiger partial charge in [-0.15, -0.1) is 0 Å².